The maximum atomic E-state index is 13.8. The first-order valence-electron chi connectivity index (χ1n) is 35.6. The van der Waals surface area contributed by atoms with E-state index in [9.17, 15) is 94.2 Å². The van der Waals surface area contributed by atoms with Gasteiger partial charge in [-0.15, -0.1) is 0 Å². The van der Waals surface area contributed by atoms with Crippen LogP contribution in [-0.4, -0.2) is 346 Å². The van der Waals surface area contributed by atoms with Gasteiger partial charge in [-0.25, -0.2) is 0 Å². The SMILES string of the molecule is COC[C@@H]1O[C@H](CNC(=O)CCCCCCCCCCC(=O)NC(CCC(=O)NC(CCC(=O)NCCOCCOC2OC(CO)C(O)C(O)C2NC(C)=O)C(=O)NCCOCCOC2OC(CO)C(O)C(O)C2NC(C)=O)C(=O)NCCOCCOC2OC(CO)C(O)C(O)C2NC(C)=O)C[C@H]1O. The van der Waals surface area contributed by atoms with E-state index >= 15 is 0 Å². The Morgan fingerprint density at radius 3 is 1.12 bits per heavy atom. The maximum Gasteiger partial charge on any atom is 0.242 e. The van der Waals surface area contributed by atoms with E-state index in [1.54, 1.807) is 0 Å². The van der Waals surface area contributed by atoms with E-state index in [0.717, 1.165) is 32.1 Å². The molecule has 20 atom stereocenters. The van der Waals surface area contributed by atoms with Crippen LogP contribution in [-0.2, 0) is 95.3 Å². The number of hydrogen-bond donors (Lipinski definition) is 19. The van der Waals surface area contributed by atoms with Crippen molar-refractivity contribution in [3.8, 4) is 0 Å². The molecule has 0 radical (unpaired) electrons. The van der Waals surface area contributed by atoms with Gasteiger partial charge in [-0.2, -0.15) is 0 Å². The number of carbonyl (C=O) groups excluding carboxylic acids is 9. The van der Waals surface area contributed by atoms with Crippen molar-refractivity contribution in [2.24, 2.45) is 0 Å². The van der Waals surface area contributed by atoms with Gasteiger partial charge in [-0.3, -0.25) is 43.2 Å². The Morgan fingerprint density at radius 1 is 0.404 bits per heavy atom. The second-order valence-corrected chi connectivity index (χ2v) is 25.7. The zero-order valence-electron chi connectivity index (χ0n) is 59.8. The topological polar surface area (TPSA) is 566 Å². The molecule has 4 fully saturated rings. The maximum absolute atomic E-state index is 13.8. The number of nitrogens with one attached hydrogen (secondary N) is 9. The number of rotatable bonds is 52. The molecule has 39 nitrogen and oxygen atoms in total. The molecule has 0 spiro atoms. The minimum atomic E-state index is -1.54. The van der Waals surface area contributed by atoms with Gasteiger partial charge in [0, 0.05) is 86.2 Å². The van der Waals surface area contributed by atoms with E-state index < -0.39 is 190 Å². The summed E-state index contributed by atoms with van der Waals surface area (Å²) >= 11 is 0. The lowest BCUT2D eigenvalue weighted by Gasteiger charge is -2.42. The Balaban J connectivity index is 1.32. The van der Waals surface area contributed by atoms with Gasteiger partial charge in [0.25, 0.3) is 0 Å². The van der Waals surface area contributed by atoms with E-state index in [1.807, 2.05) is 0 Å². The van der Waals surface area contributed by atoms with E-state index in [0.29, 0.717) is 38.6 Å². The van der Waals surface area contributed by atoms with Crippen molar-refractivity contribution in [3.05, 3.63) is 0 Å². The molecule has 4 aliphatic heterocycles. The summed E-state index contributed by atoms with van der Waals surface area (Å²) in [5.74, 6) is -4.90. The first-order chi connectivity index (χ1) is 49.8. The number of amides is 9. The van der Waals surface area contributed by atoms with Crippen molar-refractivity contribution < 1.29 is 146 Å². The molecule has 39 heteroatoms. The Labute approximate surface area is 604 Å². The van der Waals surface area contributed by atoms with Crippen LogP contribution in [0.4, 0.5) is 0 Å². The number of carbonyl (C=O) groups is 9. The van der Waals surface area contributed by atoms with Crippen LogP contribution in [0.5, 0.6) is 0 Å². The molecular formula is C65H115N9O30. The lowest BCUT2D eigenvalue weighted by Crippen LogP contribution is -2.64. The molecule has 17 unspecified atom stereocenters. The van der Waals surface area contributed by atoms with Crippen LogP contribution in [0.25, 0.3) is 0 Å². The summed E-state index contributed by atoms with van der Waals surface area (Å²) in [4.78, 5) is 116. The van der Waals surface area contributed by atoms with Crippen LogP contribution < -0.4 is 47.9 Å². The monoisotopic (exact) mass is 1500 g/mol. The number of unbranched alkanes of at least 4 members (excludes halogenated alkanes) is 7. The van der Waals surface area contributed by atoms with Crippen LogP contribution in [0, 0.1) is 0 Å². The molecule has 0 aromatic rings. The summed E-state index contributed by atoms with van der Waals surface area (Å²) in [5, 5.41) is 125. The van der Waals surface area contributed by atoms with Crippen LogP contribution in [0.15, 0.2) is 0 Å². The molecule has 0 bridgehead atoms. The van der Waals surface area contributed by atoms with Crippen molar-refractivity contribution in [1.82, 2.24) is 47.9 Å². The second kappa shape index (κ2) is 50.9. The first-order valence-corrected chi connectivity index (χ1v) is 35.6. The lowest BCUT2D eigenvalue weighted by atomic mass is 9.97. The fourth-order valence-corrected chi connectivity index (χ4v) is 11.7. The zero-order chi connectivity index (χ0) is 76.5. The van der Waals surface area contributed by atoms with Gasteiger partial charge in [0.1, 0.15) is 91.2 Å². The largest absolute Gasteiger partial charge is 0.394 e. The average molecular weight is 1500 g/mol. The third-order valence-electron chi connectivity index (χ3n) is 17.3. The highest BCUT2D eigenvalue weighted by molar-refractivity contribution is 5.90. The third-order valence-corrected chi connectivity index (χ3v) is 17.3. The third kappa shape index (κ3) is 33.7. The minimum Gasteiger partial charge on any atom is -0.394 e. The van der Waals surface area contributed by atoms with E-state index in [-0.39, 0.29) is 123 Å². The molecule has 4 heterocycles. The van der Waals surface area contributed by atoms with Gasteiger partial charge in [0.15, 0.2) is 18.9 Å². The Bertz CT molecular complexity index is 2540. The Kier molecular flexibility index (Phi) is 44.4. The van der Waals surface area contributed by atoms with Crippen molar-refractivity contribution in [3.63, 3.8) is 0 Å². The second-order valence-electron chi connectivity index (χ2n) is 25.7. The standard InChI is InChI=1S/C65H115N9O30/c1-37(78)70-52-58(89)55(86)44(33-75)102-63(52)98-28-25-95-22-19-66-49(83)17-15-41(61(92)67-20-23-96-26-29-99-64-53(71-38(2)79)59(90)56(87)45(34-76)103-64)74-51(85)18-16-42(62(93)68-21-24-97-27-30-100-65-54(72-39(3)80)60(91)57(88)46(35-77)104-65)73-50(84)14-12-10-8-6-5-7-9-11-13-48(82)69-32-40-31-43(81)47(101-40)36-94-4/h40-47,52-60,63-65,75-77,81,86-91H,5-36H2,1-4H3,(H,66,83)(H,67,92)(H,68,93)(H,69,82)(H,70,78)(H,71,79)(H,72,80)(H,73,84)(H,74,85)/t40-,41?,42?,43+,44?,45?,46?,47-,52?,53?,54?,55?,56?,57?,58?,59?,60?,63?,64?,65?/m0/s1. The summed E-state index contributed by atoms with van der Waals surface area (Å²) in [7, 11) is 1.53. The summed E-state index contributed by atoms with van der Waals surface area (Å²) in [6, 6.07) is -6.16. The van der Waals surface area contributed by atoms with Gasteiger partial charge in [-0.1, -0.05) is 38.5 Å². The fraction of sp³-hybridized carbons (Fsp3) is 0.862. The molecule has 4 saturated heterocycles. The molecule has 4 aliphatic rings. The average Bonchev–Trinajstić information content (AvgIpc) is 0.937. The van der Waals surface area contributed by atoms with Gasteiger partial charge < -0.3 is 151 Å². The molecule has 0 aromatic heterocycles. The predicted molar refractivity (Wildman–Crippen MR) is 358 cm³/mol. The highest BCUT2D eigenvalue weighted by atomic mass is 16.7. The van der Waals surface area contributed by atoms with Crippen LogP contribution >= 0.6 is 0 Å². The number of hydrogen-bond acceptors (Lipinski definition) is 30. The van der Waals surface area contributed by atoms with Crippen LogP contribution in [0.1, 0.15) is 117 Å². The smallest absolute Gasteiger partial charge is 0.242 e. The predicted octanol–water partition coefficient (Wildman–Crippen LogP) is -8.02. The molecule has 0 aromatic carbocycles. The molecule has 19 N–H and O–H groups in total. The Morgan fingerprint density at radius 2 is 0.750 bits per heavy atom. The van der Waals surface area contributed by atoms with Crippen LogP contribution in [0.2, 0.25) is 0 Å². The van der Waals surface area contributed by atoms with E-state index in [2.05, 4.69) is 47.9 Å². The summed E-state index contributed by atoms with van der Waals surface area (Å²) in [6.45, 7) is 1.01. The zero-order valence-corrected chi connectivity index (χ0v) is 59.8. The van der Waals surface area contributed by atoms with Gasteiger partial charge in [0.2, 0.25) is 53.2 Å². The molecule has 4 rings (SSSR count). The van der Waals surface area contributed by atoms with E-state index in [1.165, 1.54) is 27.9 Å². The van der Waals surface area contributed by atoms with Gasteiger partial charge >= 0.3 is 0 Å². The summed E-state index contributed by atoms with van der Waals surface area (Å²) in [5.41, 5.74) is 0. The minimum absolute atomic E-state index is 0.0221. The first kappa shape index (κ1) is 90.8. The van der Waals surface area contributed by atoms with Gasteiger partial charge in [0.05, 0.1) is 98.1 Å². The highest BCUT2D eigenvalue weighted by Crippen LogP contribution is 2.26. The molecule has 104 heavy (non-hydrogen) atoms. The Hall–Kier alpha value is -5.61. The lowest BCUT2D eigenvalue weighted by molar-refractivity contribution is -0.272. The van der Waals surface area contributed by atoms with Gasteiger partial charge in [-0.05, 0) is 25.7 Å². The number of aliphatic hydroxyl groups excluding tert-OH is 10. The number of ether oxygens (including phenoxy) is 11. The molecular weight excluding hydrogens is 1390 g/mol. The highest BCUT2D eigenvalue weighted by Gasteiger charge is 2.48. The van der Waals surface area contributed by atoms with Crippen molar-refractivity contribution >= 4 is 53.2 Å². The van der Waals surface area contributed by atoms with E-state index in [4.69, 9.17) is 52.1 Å². The summed E-state index contributed by atoms with van der Waals surface area (Å²) < 4.78 is 61.2. The van der Waals surface area contributed by atoms with Crippen molar-refractivity contribution in [2.75, 3.05) is 119 Å². The number of methoxy groups -OCH3 is 1. The summed E-state index contributed by atoms with van der Waals surface area (Å²) in [6.07, 6.45) is -12.1. The molecule has 600 valence electrons. The molecule has 0 aliphatic carbocycles. The quantitative estimate of drug-likeness (QED) is 0.0252. The van der Waals surface area contributed by atoms with Crippen molar-refractivity contribution in [2.45, 2.75) is 239 Å². The molecule has 9 amide bonds. The van der Waals surface area contributed by atoms with Crippen molar-refractivity contribution in [1.29, 1.82) is 0 Å². The normalized spacial score (nSPS) is 28.1. The fourth-order valence-electron chi connectivity index (χ4n) is 11.7. The van der Waals surface area contributed by atoms with Crippen LogP contribution in [0.3, 0.4) is 0 Å². The molecule has 0 saturated carbocycles. The number of aliphatic hydroxyl groups is 10.